The van der Waals surface area contributed by atoms with E-state index in [4.69, 9.17) is 9.72 Å². The molecule has 148 valence electrons. The molecule has 3 aromatic rings. The highest BCUT2D eigenvalue weighted by atomic mass is 32.2. The molecule has 7 heteroatoms. The van der Waals surface area contributed by atoms with E-state index >= 15 is 0 Å². The summed E-state index contributed by atoms with van der Waals surface area (Å²) in [6, 6.07) is 9.50. The number of aromatic nitrogens is 2. The van der Waals surface area contributed by atoms with E-state index in [-0.39, 0.29) is 18.1 Å². The molecule has 2 aliphatic rings. The molecule has 0 saturated heterocycles. The van der Waals surface area contributed by atoms with Gasteiger partial charge in [-0.1, -0.05) is 25.1 Å². The van der Waals surface area contributed by atoms with E-state index in [9.17, 15) is 13.8 Å². The van der Waals surface area contributed by atoms with Crippen LogP contribution in [0, 0.1) is 0 Å². The molecule has 1 aromatic carbocycles. The third-order valence-electron chi connectivity index (χ3n) is 6.29. The SMILES string of the molecule is CC[C@@]1(C)C(=O)OCc2c1cc1n(c2=O)Cc2c-1nc1ccccc1c2S(C)=O. The topological polar surface area (TPSA) is 78.3 Å². The van der Waals surface area contributed by atoms with Crippen LogP contribution in [0.25, 0.3) is 22.3 Å². The second kappa shape index (κ2) is 6.10. The second-order valence-corrected chi connectivity index (χ2v) is 9.13. The van der Waals surface area contributed by atoms with Crippen molar-refractivity contribution in [1.82, 2.24) is 9.55 Å². The summed E-state index contributed by atoms with van der Waals surface area (Å²) in [5, 5.41) is 0.842. The number of cyclic esters (lactones) is 1. The molecule has 2 aromatic heterocycles. The van der Waals surface area contributed by atoms with Crippen molar-refractivity contribution in [2.45, 2.75) is 43.7 Å². The third kappa shape index (κ3) is 2.34. The van der Waals surface area contributed by atoms with Gasteiger partial charge in [0.05, 0.1) is 50.1 Å². The van der Waals surface area contributed by atoms with Gasteiger partial charge in [-0.3, -0.25) is 13.8 Å². The van der Waals surface area contributed by atoms with Gasteiger partial charge in [-0.15, -0.1) is 0 Å². The van der Waals surface area contributed by atoms with Gasteiger partial charge in [0.15, 0.2) is 0 Å². The Bertz CT molecular complexity index is 1310. The van der Waals surface area contributed by atoms with Gasteiger partial charge in [-0.2, -0.15) is 0 Å². The first-order chi connectivity index (χ1) is 13.9. The number of ether oxygens (including phenoxy) is 1. The fraction of sp³-hybridized carbons (Fsp3) is 0.318. The number of benzene rings is 1. The molecule has 2 aliphatic heterocycles. The highest BCUT2D eigenvalue weighted by Crippen LogP contribution is 2.41. The Morgan fingerprint density at radius 3 is 2.72 bits per heavy atom. The van der Waals surface area contributed by atoms with Crippen molar-refractivity contribution >= 4 is 27.7 Å². The minimum atomic E-state index is -1.24. The molecule has 0 fully saturated rings. The molecule has 2 atom stereocenters. The number of rotatable bonds is 2. The van der Waals surface area contributed by atoms with Crippen molar-refractivity contribution in [3.63, 3.8) is 0 Å². The Kier molecular flexibility index (Phi) is 3.84. The quantitative estimate of drug-likeness (QED) is 0.477. The number of para-hydroxylation sites is 1. The molecular formula is C22H20N2O4S. The average Bonchev–Trinajstić information content (AvgIpc) is 3.07. The lowest BCUT2D eigenvalue weighted by atomic mass is 9.76. The molecule has 0 radical (unpaired) electrons. The van der Waals surface area contributed by atoms with Crippen LogP contribution in [-0.2, 0) is 38.9 Å². The number of pyridine rings is 2. The Labute approximate surface area is 170 Å². The maximum atomic E-state index is 13.3. The minimum Gasteiger partial charge on any atom is -0.460 e. The summed E-state index contributed by atoms with van der Waals surface area (Å²) in [4.78, 5) is 31.4. The number of fused-ring (bicyclic) bond motifs is 5. The summed E-state index contributed by atoms with van der Waals surface area (Å²) in [6.45, 7) is 4.04. The molecule has 5 rings (SSSR count). The van der Waals surface area contributed by atoms with E-state index in [1.807, 2.05) is 44.2 Å². The van der Waals surface area contributed by atoms with Crippen molar-refractivity contribution in [1.29, 1.82) is 0 Å². The number of hydrogen-bond donors (Lipinski definition) is 0. The van der Waals surface area contributed by atoms with Gasteiger partial charge in [0.25, 0.3) is 5.56 Å². The van der Waals surface area contributed by atoms with E-state index in [2.05, 4.69) is 0 Å². The Hall–Kier alpha value is -2.80. The van der Waals surface area contributed by atoms with Gasteiger partial charge in [0, 0.05) is 17.2 Å². The molecule has 0 N–H and O–H groups in total. The first-order valence-electron chi connectivity index (χ1n) is 9.56. The Balaban J connectivity index is 1.87. The van der Waals surface area contributed by atoms with Crippen molar-refractivity contribution in [3.05, 3.63) is 57.4 Å². The van der Waals surface area contributed by atoms with Gasteiger partial charge >= 0.3 is 5.97 Å². The van der Waals surface area contributed by atoms with Crippen LogP contribution in [0.5, 0.6) is 0 Å². The van der Waals surface area contributed by atoms with Crippen molar-refractivity contribution in [2.75, 3.05) is 6.26 Å². The zero-order valence-corrected chi connectivity index (χ0v) is 17.3. The number of carbonyl (C=O) groups excluding carboxylic acids is 1. The highest BCUT2D eigenvalue weighted by Gasteiger charge is 2.43. The Morgan fingerprint density at radius 2 is 2.00 bits per heavy atom. The van der Waals surface area contributed by atoms with Gasteiger partial charge < -0.3 is 9.30 Å². The molecule has 4 heterocycles. The molecule has 6 nitrogen and oxygen atoms in total. The van der Waals surface area contributed by atoms with E-state index < -0.39 is 16.2 Å². The van der Waals surface area contributed by atoms with Crippen LogP contribution >= 0.6 is 0 Å². The van der Waals surface area contributed by atoms with Gasteiger partial charge in [0.2, 0.25) is 0 Å². The monoisotopic (exact) mass is 408 g/mol. The normalized spacial score (nSPS) is 20.7. The molecule has 1 unspecified atom stereocenters. The van der Waals surface area contributed by atoms with E-state index in [1.165, 1.54) is 0 Å². The van der Waals surface area contributed by atoms with E-state index in [0.29, 0.717) is 29.9 Å². The summed E-state index contributed by atoms with van der Waals surface area (Å²) in [5.74, 6) is -0.308. The summed E-state index contributed by atoms with van der Waals surface area (Å²) in [6.07, 6.45) is 2.18. The van der Waals surface area contributed by atoms with Gasteiger partial charge in [-0.05, 0) is 31.0 Å². The number of carbonyl (C=O) groups is 1. The summed E-state index contributed by atoms with van der Waals surface area (Å²) in [5.41, 5.74) is 3.12. The molecule has 0 amide bonds. The minimum absolute atomic E-state index is 0.0127. The van der Waals surface area contributed by atoms with Crippen LogP contribution in [-0.4, -0.2) is 26.0 Å². The highest BCUT2D eigenvalue weighted by molar-refractivity contribution is 7.84. The largest absolute Gasteiger partial charge is 0.460 e. The molecule has 29 heavy (non-hydrogen) atoms. The third-order valence-corrected chi connectivity index (χ3v) is 7.33. The first kappa shape index (κ1) is 18.2. The predicted octanol–water partition coefficient (Wildman–Crippen LogP) is 2.89. The summed E-state index contributed by atoms with van der Waals surface area (Å²) >= 11 is 0. The lowest BCUT2D eigenvalue weighted by Gasteiger charge is -2.33. The number of nitrogens with zero attached hydrogens (tertiary/aromatic N) is 2. The van der Waals surface area contributed by atoms with Crippen LogP contribution in [0.1, 0.15) is 37.0 Å². The van der Waals surface area contributed by atoms with Crippen LogP contribution in [0.3, 0.4) is 0 Å². The maximum absolute atomic E-state index is 13.3. The van der Waals surface area contributed by atoms with Crippen LogP contribution in [0.15, 0.2) is 40.0 Å². The van der Waals surface area contributed by atoms with Crippen molar-refractivity contribution in [2.24, 2.45) is 0 Å². The van der Waals surface area contributed by atoms with Crippen LogP contribution in [0.2, 0.25) is 0 Å². The molecule has 0 spiro atoms. The molecular weight excluding hydrogens is 388 g/mol. The van der Waals surface area contributed by atoms with E-state index in [0.717, 1.165) is 26.9 Å². The average molecular weight is 408 g/mol. The first-order valence-corrected chi connectivity index (χ1v) is 11.1. The maximum Gasteiger partial charge on any atom is 0.316 e. The summed E-state index contributed by atoms with van der Waals surface area (Å²) in [7, 11) is -1.24. The zero-order valence-electron chi connectivity index (χ0n) is 16.4. The van der Waals surface area contributed by atoms with Gasteiger partial charge in [-0.25, -0.2) is 4.98 Å². The number of hydrogen-bond acceptors (Lipinski definition) is 5. The fourth-order valence-electron chi connectivity index (χ4n) is 4.48. The van der Waals surface area contributed by atoms with Crippen molar-refractivity contribution < 1.29 is 13.7 Å². The number of esters is 1. The Morgan fingerprint density at radius 1 is 1.24 bits per heavy atom. The molecule has 0 aliphatic carbocycles. The van der Waals surface area contributed by atoms with Crippen molar-refractivity contribution in [3.8, 4) is 11.4 Å². The lowest BCUT2D eigenvalue weighted by Crippen LogP contribution is -2.42. The van der Waals surface area contributed by atoms with E-state index in [1.54, 1.807) is 10.8 Å². The fourth-order valence-corrected chi connectivity index (χ4v) is 5.47. The van der Waals surface area contributed by atoms with Crippen LogP contribution < -0.4 is 5.56 Å². The molecule has 0 bridgehead atoms. The van der Waals surface area contributed by atoms with Gasteiger partial charge in [0.1, 0.15) is 6.61 Å². The summed E-state index contributed by atoms with van der Waals surface area (Å²) < 4.78 is 19.6. The van der Waals surface area contributed by atoms with Crippen LogP contribution in [0.4, 0.5) is 0 Å². The standard InChI is InChI=1S/C22H20N2O4S/c1-4-22(2)15-9-17-18-13(10-24(17)20(25)14(15)11-28-21(22)26)19(29(3)27)12-7-5-6-8-16(12)23-18/h5-9H,4,10-11H2,1-3H3/t22-,29?/m1/s1. The lowest BCUT2D eigenvalue weighted by molar-refractivity contribution is -0.153. The zero-order chi connectivity index (χ0) is 20.5. The predicted molar refractivity (Wildman–Crippen MR) is 110 cm³/mol. The molecule has 0 saturated carbocycles. The smallest absolute Gasteiger partial charge is 0.316 e. The second-order valence-electron chi connectivity index (χ2n) is 7.81.